The minimum atomic E-state index is -0.305. The Balaban J connectivity index is 1.40. The van der Waals surface area contributed by atoms with Gasteiger partial charge in [0.25, 0.3) is 11.5 Å². The van der Waals surface area contributed by atoms with Crippen LogP contribution in [0.5, 0.6) is 11.5 Å². The lowest BCUT2D eigenvalue weighted by Crippen LogP contribution is -2.48. The molecule has 2 saturated heterocycles. The van der Waals surface area contributed by atoms with Gasteiger partial charge in [0.05, 0.1) is 6.54 Å². The van der Waals surface area contributed by atoms with Crippen molar-refractivity contribution in [1.29, 1.82) is 0 Å². The number of benzene rings is 1. The van der Waals surface area contributed by atoms with E-state index in [-0.39, 0.29) is 41.7 Å². The molecule has 1 N–H and O–H groups in total. The quantitative estimate of drug-likeness (QED) is 0.825. The molecule has 2 atom stereocenters. The molecule has 3 aliphatic heterocycles. The molecule has 0 bridgehead atoms. The molecule has 1 aromatic carbocycles. The molecule has 0 spiro atoms. The SMILES string of the molecule is Cc1ccn(Cc2ccc3c(c2)OCO3)c(=O)c1C(=O)N1CC[C@@H]2NC(=O)C[C@@H]2C1. The molecule has 0 radical (unpaired) electrons. The molecular weight excluding hydrogens is 386 g/mol. The summed E-state index contributed by atoms with van der Waals surface area (Å²) >= 11 is 0. The predicted octanol–water partition coefficient (Wildman–Crippen LogP) is 1.28. The van der Waals surface area contributed by atoms with E-state index in [0.29, 0.717) is 43.1 Å². The summed E-state index contributed by atoms with van der Waals surface area (Å²) in [5, 5.41) is 2.97. The maximum atomic E-state index is 13.2. The number of carbonyl (C=O) groups excluding carboxylic acids is 2. The van der Waals surface area contributed by atoms with Gasteiger partial charge < -0.3 is 24.3 Å². The van der Waals surface area contributed by atoms with E-state index in [1.54, 1.807) is 28.7 Å². The van der Waals surface area contributed by atoms with E-state index in [1.807, 2.05) is 18.2 Å². The number of likely N-dealkylation sites (tertiary alicyclic amines) is 1. The third-order valence-electron chi connectivity index (χ3n) is 6.19. The van der Waals surface area contributed by atoms with Crippen LogP contribution in [-0.4, -0.2) is 47.2 Å². The van der Waals surface area contributed by atoms with E-state index in [9.17, 15) is 14.4 Å². The van der Waals surface area contributed by atoms with Gasteiger partial charge in [0.1, 0.15) is 5.56 Å². The molecule has 5 rings (SSSR count). The predicted molar refractivity (Wildman–Crippen MR) is 108 cm³/mol. The van der Waals surface area contributed by atoms with Crippen molar-refractivity contribution in [1.82, 2.24) is 14.8 Å². The number of carbonyl (C=O) groups is 2. The first-order valence-electron chi connectivity index (χ1n) is 10.2. The minimum Gasteiger partial charge on any atom is -0.454 e. The molecule has 156 valence electrons. The van der Waals surface area contributed by atoms with E-state index in [4.69, 9.17) is 9.47 Å². The van der Waals surface area contributed by atoms with Gasteiger partial charge in [0, 0.05) is 37.7 Å². The summed E-state index contributed by atoms with van der Waals surface area (Å²) in [7, 11) is 0. The summed E-state index contributed by atoms with van der Waals surface area (Å²) in [6.07, 6.45) is 2.88. The molecule has 2 aromatic rings. The van der Waals surface area contributed by atoms with Gasteiger partial charge in [-0.3, -0.25) is 14.4 Å². The third kappa shape index (κ3) is 3.22. The number of rotatable bonds is 3. The first-order valence-corrected chi connectivity index (χ1v) is 10.2. The second-order valence-corrected chi connectivity index (χ2v) is 8.17. The highest BCUT2D eigenvalue weighted by Crippen LogP contribution is 2.32. The largest absolute Gasteiger partial charge is 0.454 e. The maximum absolute atomic E-state index is 13.2. The van der Waals surface area contributed by atoms with Crippen molar-refractivity contribution in [2.75, 3.05) is 19.9 Å². The monoisotopic (exact) mass is 409 g/mol. The highest BCUT2D eigenvalue weighted by atomic mass is 16.7. The minimum absolute atomic E-state index is 0.0428. The molecule has 30 heavy (non-hydrogen) atoms. The van der Waals surface area contributed by atoms with Crippen molar-refractivity contribution in [3.63, 3.8) is 0 Å². The Bertz CT molecular complexity index is 1090. The van der Waals surface area contributed by atoms with Crippen LogP contribution in [0.15, 0.2) is 35.3 Å². The molecule has 4 heterocycles. The van der Waals surface area contributed by atoms with Gasteiger partial charge >= 0.3 is 0 Å². The van der Waals surface area contributed by atoms with Crippen molar-refractivity contribution in [3.8, 4) is 11.5 Å². The van der Waals surface area contributed by atoms with Crippen LogP contribution in [0.25, 0.3) is 0 Å². The number of hydrogen-bond donors (Lipinski definition) is 1. The fraction of sp³-hybridized carbons (Fsp3) is 0.409. The van der Waals surface area contributed by atoms with Crippen molar-refractivity contribution in [2.24, 2.45) is 5.92 Å². The second-order valence-electron chi connectivity index (χ2n) is 8.17. The van der Waals surface area contributed by atoms with Crippen molar-refractivity contribution in [3.05, 3.63) is 57.5 Å². The number of amides is 2. The number of hydrogen-bond acceptors (Lipinski definition) is 5. The summed E-state index contributed by atoms with van der Waals surface area (Å²) in [5.74, 6) is 1.26. The number of fused-ring (bicyclic) bond motifs is 2. The molecule has 0 unspecified atom stereocenters. The van der Waals surface area contributed by atoms with Gasteiger partial charge in [-0.2, -0.15) is 0 Å². The second kappa shape index (κ2) is 7.19. The van der Waals surface area contributed by atoms with Crippen LogP contribution in [0, 0.1) is 12.8 Å². The first kappa shape index (κ1) is 18.7. The van der Waals surface area contributed by atoms with Gasteiger partial charge in [-0.15, -0.1) is 0 Å². The zero-order valence-corrected chi connectivity index (χ0v) is 16.7. The lowest BCUT2D eigenvalue weighted by molar-refractivity contribution is -0.119. The van der Waals surface area contributed by atoms with Crippen LogP contribution < -0.4 is 20.3 Å². The highest BCUT2D eigenvalue weighted by Gasteiger charge is 2.39. The third-order valence-corrected chi connectivity index (χ3v) is 6.19. The number of pyridine rings is 1. The summed E-state index contributed by atoms with van der Waals surface area (Å²) in [4.78, 5) is 39.8. The standard InChI is InChI=1S/C22H23N3O5/c1-13-4-6-24(10-14-2-3-17-18(8-14)30-12-29-17)21(27)20(13)22(28)25-7-5-16-15(11-25)9-19(26)23-16/h2-4,6,8,15-16H,5,7,9-12H2,1H3,(H,23,26)/t15-,16+/m1/s1. The zero-order chi connectivity index (χ0) is 20.8. The molecule has 3 aliphatic rings. The molecule has 0 aliphatic carbocycles. The number of aryl methyl sites for hydroxylation is 1. The number of ether oxygens (including phenoxy) is 2. The fourth-order valence-corrected chi connectivity index (χ4v) is 4.56. The van der Waals surface area contributed by atoms with Gasteiger partial charge in [0.15, 0.2) is 11.5 Å². The Morgan fingerprint density at radius 2 is 2.03 bits per heavy atom. The topological polar surface area (TPSA) is 89.9 Å². The first-order chi connectivity index (χ1) is 14.5. The normalized spacial score (nSPS) is 22.0. The number of nitrogens with zero attached hydrogens (tertiary/aromatic N) is 2. The lowest BCUT2D eigenvalue weighted by Gasteiger charge is -2.34. The van der Waals surface area contributed by atoms with Crippen LogP contribution in [0.1, 0.15) is 34.3 Å². The van der Waals surface area contributed by atoms with E-state index >= 15 is 0 Å². The average molecular weight is 409 g/mol. The van der Waals surface area contributed by atoms with Gasteiger partial charge in [-0.1, -0.05) is 6.07 Å². The van der Waals surface area contributed by atoms with E-state index in [0.717, 1.165) is 12.0 Å². The van der Waals surface area contributed by atoms with Crippen LogP contribution in [-0.2, 0) is 11.3 Å². The van der Waals surface area contributed by atoms with Crippen LogP contribution in [0.2, 0.25) is 0 Å². The van der Waals surface area contributed by atoms with Crippen LogP contribution >= 0.6 is 0 Å². The lowest BCUT2D eigenvalue weighted by atomic mass is 9.92. The summed E-state index contributed by atoms with van der Waals surface area (Å²) in [6, 6.07) is 7.50. The van der Waals surface area contributed by atoms with E-state index in [1.165, 1.54) is 0 Å². The van der Waals surface area contributed by atoms with Crippen molar-refractivity contribution >= 4 is 11.8 Å². The molecule has 2 fully saturated rings. The number of piperidine rings is 1. The molecule has 0 saturated carbocycles. The molecule has 1 aromatic heterocycles. The molecule has 8 heteroatoms. The van der Waals surface area contributed by atoms with E-state index < -0.39 is 0 Å². The maximum Gasteiger partial charge on any atom is 0.263 e. The Kier molecular flexibility index (Phi) is 4.49. The summed E-state index contributed by atoms with van der Waals surface area (Å²) in [6.45, 7) is 3.35. The fourth-order valence-electron chi connectivity index (χ4n) is 4.56. The van der Waals surface area contributed by atoms with Gasteiger partial charge in [-0.25, -0.2) is 0 Å². The van der Waals surface area contributed by atoms with Gasteiger partial charge in [-0.05, 0) is 42.7 Å². The Morgan fingerprint density at radius 3 is 2.90 bits per heavy atom. The summed E-state index contributed by atoms with van der Waals surface area (Å²) in [5.41, 5.74) is 1.45. The van der Waals surface area contributed by atoms with Crippen LogP contribution in [0.4, 0.5) is 0 Å². The summed E-state index contributed by atoms with van der Waals surface area (Å²) < 4.78 is 12.3. The number of nitrogens with one attached hydrogen (secondary N) is 1. The zero-order valence-electron chi connectivity index (χ0n) is 16.7. The van der Waals surface area contributed by atoms with E-state index in [2.05, 4.69) is 5.32 Å². The van der Waals surface area contributed by atoms with Gasteiger partial charge in [0.2, 0.25) is 12.7 Å². The molecular formula is C22H23N3O5. The average Bonchev–Trinajstić information content (AvgIpc) is 3.34. The number of aromatic nitrogens is 1. The molecule has 8 nitrogen and oxygen atoms in total. The van der Waals surface area contributed by atoms with Crippen molar-refractivity contribution < 1.29 is 19.1 Å². The Hall–Kier alpha value is -3.29. The molecule has 2 amide bonds. The van der Waals surface area contributed by atoms with Crippen molar-refractivity contribution in [2.45, 2.75) is 32.4 Å². The Labute approximate surface area is 173 Å². The Morgan fingerprint density at radius 1 is 1.20 bits per heavy atom. The highest BCUT2D eigenvalue weighted by molar-refractivity contribution is 5.95. The van der Waals surface area contributed by atoms with Crippen LogP contribution in [0.3, 0.4) is 0 Å². The smallest absolute Gasteiger partial charge is 0.263 e.